The Morgan fingerprint density at radius 3 is 2.47 bits per heavy atom. The van der Waals surface area contributed by atoms with Crippen molar-refractivity contribution in [1.29, 1.82) is 0 Å². The minimum absolute atomic E-state index is 0.344. The van der Waals surface area contributed by atoms with Gasteiger partial charge in [0.2, 0.25) is 16.0 Å². The van der Waals surface area contributed by atoms with Crippen molar-refractivity contribution in [3.8, 4) is 5.75 Å². The van der Waals surface area contributed by atoms with E-state index in [4.69, 9.17) is 9.72 Å². The normalized spacial score (nSPS) is 16.1. The number of aromatic nitrogens is 4. The zero-order chi connectivity index (χ0) is 33.3. The van der Waals surface area contributed by atoms with Crippen LogP contribution in [-0.4, -0.2) is 86.9 Å². The highest BCUT2D eigenvalue weighted by Gasteiger charge is 2.34. The highest BCUT2D eigenvalue weighted by Crippen LogP contribution is 2.40. The van der Waals surface area contributed by atoms with Gasteiger partial charge in [0.25, 0.3) is 0 Å². The maximum atomic E-state index is 12.6. The second-order valence-corrected chi connectivity index (χ2v) is 14.4. The number of hydrogen-bond acceptors (Lipinski definition) is 11. The van der Waals surface area contributed by atoms with Crippen molar-refractivity contribution >= 4 is 61.6 Å². The lowest BCUT2D eigenvalue weighted by atomic mass is 9.80. The number of nitrogens with zero attached hydrogens (tertiary/aromatic N) is 7. The van der Waals surface area contributed by atoms with E-state index in [0.717, 1.165) is 43.3 Å². The van der Waals surface area contributed by atoms with Crippen molar-refractivity contribution in [3.63, 3.8) is 0 Å². The summed E-state index contributed by atoms with van der Waals surface area (Å²) >= 11 is 0. The first-order valence-corrected chi connectivity index (χ1v) is 17.8. The van der Waals surface area contributed by atoms with Crippen LogP contribution < -0.4 is 24.6 Å². The molecule has 0 radical (unpaired) electrons. The maximum Gasteiger partial charge on any atom is 0.232 e. The summed E-state index contributed by atoms with van der Waals surface area (Å²) in [6.45, 7) is 10.6. The topological polar surface area (TPSA) is 129 Å². The van der Waals surface area contributed by atoms with E-state index in [9.17, 15) is 8.42 Å². The molecule has 0 bridgehead atoms. The zero-order valence-electron chi connectivity index (χ0n) is 27.7. The third kappa shape index (κ3) is 6.68. The molecule has 2 N–H and O–H groups in total. The Morgan fingerprint density at radius 1 is 1.06 bits per heavy atom. The fourth-order valence-electron chi connectivity index (χ4n) is 6.67. The molecule has 47 heavy (non-hydrogen) atoms. The van der Waals surface area contributed by atoms with Crippen molar-refractivity contribution < 1.29 is 13.2 Å². The summed E-state index contributed by atoms with van der Waals surface area (Å²) in [6.07, 6.45) is 10.9. The summed E-state index contributed by atoms with van der Waals surface area (Å²) in [5.41, 5.74) is 5.68. The van der Waals surface area contributed by atoms with E-state index < -0.39 is 10.0 Å². The van der Waals surface area contributed by atoms with Crippen LogP contribution in [0.1, 0.15) is 30.9 Å². The molecule has 6 rings (SSSR count). The number of benzene rings is 2. The maximum absolute atomic E-state index is 12.6. The molecule has 0 amide bonds. The highest BCUT2D eigenvalue weighted by atomic mass is 32.2. The number of hydrogen-bond donors (Lipinski definition) is 2. The highest BCUT2D eigenvalue weighted by molar-refractivity contribution is 7.92. The SMILES string of the molecule is C=Cc1cnc(Nc2cc(CC)c(N3CCC(C4CN(C)C4)CC3)cc2OC)nc1Nc1ccc2nccnc2c1N(C)S(C)(=O)=O. The molecule has 4 aromatic rings. The summed E-state index contributed by atoms with van der Waals surface area (Å²) in [4.78, 5) is 23.0. The first-order chi connectivity index (χ1) is 22.6. The van der Waals surface area contributed by atoms with Gasteiger partial charge in [0.15, 0.2) is 0 Å². The van der Waals surface area contributed by atoms with Crippen LogP contribution in [0.3, 0.4) is 0 Å². The van der Waals surface area contributed by atoms with Crippen LogP contribution in [0.2, 0.25) is 0 Å². The van der Waals surface area contributed by atoms with E-state index in [1.807, 2.05) is 0 Å². The summed E-state index contributed by atoms with van der Waals surface area (Å²) in [6, 6.07) is 7.80. The lowest BCUT2D eigenvalue weighted by molar-refractivity contribution is 0.0714. The Kier molecular flexibility index (Phi) is 9.20. The van der Waals surface area contributed by atoms with Gasteiger partial charge in [-0.15, -0.1) is 0 Å². The summed E-state index contributed by atoms with van der Waals surface area (Å²) in [5.74, 6) is 3.13. The molecule has 13 heteroatoms. The number of anilines is 6. The van der Waals surface area contributed by atoms with E-state index in [-0.39, 0.29) is 0 Å². The van der Waals surface area contributed by atoms with Gasteiger partial charge < -0.3 is 25.2 Å². The van der Waals surface area contributed by atoms with Crippen LogP contribution in [-0.2, 0) is 16.4 Å². The predicted molar refractivity (Wildman–Crippen MR) is 190 cm³/mol. The molecule has 248 valence electrons. The number of likely N-dealkylation sites (tertiary alicyclic amines) is 1. The standard InChI is InChI=1S/C34H43N9O3S/c1-7-22-17-28(30(46-5)18-29(22)43-15-11-24(12-16-43)25-20-41(3)21-25)39-34-37-19-23(8-2)33(40-34)38-27-10-9-26-31(36-14-13-35-26)32(27)42(4)47(6,44)45/h8-10,13-14,17-19,24-25H,2,7,11-12,15-16,20-21H2,1,3-6H3,(H2,37,38,39,40). The van der Waals surface area contributed by atoms with Crippen molar-refractivity contribution in [2.45, 2.75) is 26.2 Å². The Morgan fingerprint density at radius 2 is 1.81 bits per heavy atom. The molecule has 2 aromatic heterocycles. The first-order valence-electron chi connectivity index (χ1n) is 15.9. The monoisotopic (exact) mass is 657 g/mol. The summed E-state index contributed by atoms with van der Waals surface area (Å²) < 4.78 is 32.4. The number of fused-ring (bicyclic) bond motifs is 1. The van der Waals surface area contributed by atoms with Crippen LogP contribution in [0.5, 0.6) is 5.75 Å². The fourth-order valence-corrected chi connectivity index (χ4v) is 7.19. The van der Waals surface area contributed by atoms with Crippen molar-refractivity contribution in [2.24, 2.45) is 11.8 Å². The van der Waals surface area contributed by atoms with Crippen LogP contribution >= 0.6 is 0 Å². The molecule has 2 fully saturated rings. The predicted octanol–water partition coefficient (Wildman–Crippen LogP) is 5.29. The van der Waals surface area contributed by atoms with Crippen LogP contribution in [0.4, 0.5) is 34.5 Å². The number of rotatable bonds is 11. The quantitative estimate of drug-likeness (QED) is 0.218. The van der Waals surface area contributed by atoms with E-state index in [1.54, 1.807) is 37.7 Å². The smallest absolute Gasteiger partial charge is 0.232 e. The van der Waals surface area contributed by atoms with E-state index in [0.29, 0.717) is 45.5 Å². The Labute approximate surface area is 276 Å². The minimum Gasteiger partial charge on any atom is -0.494 e. The average Bonchev–Trinajstić information content (AvgIpc) is 3.06. The molecule has 4 heterocycles. The van der Waals surface area contributed by atoms with Gasteiger partial charge >= 0.3 is 0 Å². The van der Waals surface area contributed by atoms with Gasteiger partial charge in [-0.1, -0.05) is 19.6 Å². The van der Waals surface area contributed by atoms with E-state index in [1.165, 1.54) is 54.7 Å². The van der Waals surface area contributed by atoms with E-state index >= 15 is 0 Å². The molecule has 0 spiro atoms. The summed E-state index contributed by atoms with van der Waals surface area (Å²) in [7, 11) is 1.74. The molecule has 0 unspecified atom stereocenters. The largest absolute Gasteiger partial charge is 0.494 e. The average molecular weight is 658 g/mol. The van der Waals surface area contributed by atoms with Crippen molar-refractivity contribution in [1.82, 2.24) is 24.8 Å². The fraction of sp³-hybridized carbons (Fsp3) is 0.412. The number of aryl methyl sites for hydroxylation is 1. The van der Waals surface area contributed by atoms with Gasteiger partial charge in [0, 0.05) is 69.1 Å². The van der Waals surface area contributed by atoms with Crippen molar-refractivity contribution in [2.75, 3.05) is 73.5 Å². The third-order valence-corrected chi connectivity index (χ3v) is 10.6. The third-order valence-electron chi connectivity index (χ3n) is 9.38. The van der Waals surface area contributed by atoms with Gasteiger partial charge in [-0.05, 0) is 61.9 Å². The molecular formula is C34H43N9O3S. The van der Waals surface area contributed by atoms with Crippen LogP contribution in [0.15, 0.2) is 49.4 Å². The van der Waals surface area contributed by atoms with Gasteiger partial charge in [0.05, 0.1) is 30.3 Å². The van der Waals surface area contributed by atoms with E-state index in [2.05, 4.69) is 68.1 Å². The molecule has 0 atom stereocenters. The van der Waals surface area contributed by atoms with Crippen LogP contribution in [0, 0.1) is 11.8 Å². The second-order valence-electron chi connectivity index (χ2n) is 12.4. The molecule has 0 aliphatic carbocycles. The molecule has 2 saturated heterocycles. The molecule has 2 aliphatic rings. The molecular weight excluding hydrogens is 615 g/mol. The lowest BCUT2D eigenvalue weighted by Crippen LogP contribution is -2.50. The van der Waals surface area contributed by atoms with Crippen molar-refractivity contribution in [3.05, 3.63) is 60.6 Å². The number of ether oxygens (including phenoxy) is 1. The zero-order valence-corrected chi connectivity index (χ0v) is 28.5. The minimum atomic E-state index is -3.62. The van der Waals surface area contributed by atoms with Crippen LogP contribution in [0.25, 0.3) is 17.1 Å². The Hall–Kier alpha value is -4.49. The van der Waals surface area contributed by atoms with Gasteiger partial charge in [-0.2, -0.15) is 4.98 Å². The number of sulfonamides is 1. The lowest BCUT2D eigenvalue weighted by Gasteiger charge is -2.45. The summed E-state index contributed by atoms with van der Waals surface area (Å²) in [5, 5.41) is 6.68. The molecule has 2 aromatic carbocycles. The number of piperidine rings is 1. The molecule has 12 nitrogen and oxygen atoms in total. The molecule has 0 saturated carbocycles. The number of methoxy groups -OCH3 is 1. The number of nitrogens with one attached hydrogen (secondary N) is 2. The first kappa shape index (κ1) is 32.5. The van der Waals surface area contributed by atoms with Gasteiger partial charge in [-0.25, -0.2) is 13.4 Å². The second kappa shape index (κ2) is 13.3. The Bertz CT molecular complexity index is 1890. The van der Waals surface area contributed by atoms with Gasteiger partial charge in [-0.3, -0.25) is 14.3 Å². The van der Waals surface area contributed by atoms with Gasteiger partial charge in [0.1, 0.15) is 22.8 Å². The Balaban J connectivity index is 1.28. The molecule has 2 aliphatic heterocycles.